The third kappa shape index (κ3) is 3.07. The molecule has 0 radical (unpaired) electrons. The van der Waals surface area contributed by atoms with Crippen LogP contribution in [0.25, 0.3) is 0 Å². The molecule has 4 nitrogen and oxygen atoms in total. The third-order valence-corrected chi connectivity index (χ3v) is 3.11. The van der Waals surface area contributed by atoms with Crippen LogP contribution in [0.4, 0.5) is 15.8 Å². The van der Waals surface area contributed by atoms with Crippen LogP contribution in [0.15, 0.2) is 36.4 Å². The molecular formula is C14H13ClFN3O. The van der Waals surface area contributed by atoms with Crippen molar-refractivity contribution in [1.29, 1.82) is 0 Å². The minimum atomic E-state index is -0.529. The molecule has 0 aliphatic heterocycles. The Morgan fingerprint density at radius 1 is 1.25 bits per heavy atom. The molecule has 0 atom stereocenters. The summed E-state index contributed by atoms with van der Waals surface area (Å²) in [5.41, 5.74) is 5.03. The van der Waals surface area contributed by atoms with Gasteiger partial charge >= 0.3 is 0 Å². The Bertz CT molecular complexity index is 661. The second-order valence-corrected chi connectivity index (χ2v) is 4.66. The Balaban J connectivity index is 2.19. The molecule has 1 amide bonds. The summed E-state index contributed by atoms with van der Waals surface area (Å²) in [5.74, 6) is 4.50. The van der Waals surface area contributed by atoms with E-state index in [-0.39, 0.29) is 10.9 Å². The number of anilines is 2. The number of hydrogen-bond acceptors (Lipinski definition) is 3. The summed E-state index contributed by atoms with van der Waals surface area (Å²) in [6.45, 7) is 1.83. The van der Waals surface area contributed by atoms with Gasteiger partial charge in [-0.15, -0.1) is 0 Å². The lowest BCUT2D eigenvalue weighted by Gasteiger charge is -2.09. The number of carbonyl (C=O) groups excluding carboxylic acids is 1. The maximum absolute atomic E-state index is 13.0. The van der Waals surface area contributed by atoms with Gasteiger partial charge in [-0.25, -0.2) is 4.39 Å². The van der Waals surface area contributed by atoms with E-state index in [1.54, 1.807) is 18.2 Å². The second kappa shape index (κ2) is 5.90. The van der Waals surface area contributed by atoms with Crippen LogP contribution < -0.4 is 16.6 Å². The monoisotopic (exact) mass is 293 g/mol. The van der Waals surface area contributed by atoms with Gasteiger partial charge in [0.15, 0.2) is 0 Å². The van der Waals surface area contributed by atoms with Crippen LogP contribution >= 0.6 is 11.6 Å². The molecule has 104 valence electrons. The molecule has 0 spiro atoms. The summed E-state index contributed by atoms with van der Waals surface area (Å²) in [4.78, 5) is 12.1. The molecule has 0 aliphatic carbocycles. The molecule has 20 heavy (non-hydrogen) atoms. The molecule has 0 aliphatic rings. The van der Waals surface area contributed by atoms with E-state index in [1.165, 1.54) is 18.2 Å². The molecule has 2 aromatic carbocycles. The van der Waals surface area contributed by atoms with E-state index < -0.39 is 5.82 Å². The fourth-order valence-electron chi connectivity index (χ4n) is 1.74. The van der Waals surface area contributed by atoms with E-state index >= 15 is 0 Å². The number of hydrogen-bond donors (Lipinski definition) is 3. The van der Waals surface area contributed by atoms with E-state index in [1.807, 2.05) is 6.92 Å². The van der Waals surface area contributed by atoms with Gasteiger partial charge < -0.3 is 10.7 Å². The summed E-state index contributed by atoms with van der Waals surface area (Å²) >= 11 is 5.66. The minimum Gasteiger partial charge on any atom is -0.324 e. The van der Waals surface area contributed by atoms with Crippen molar-refractivity contribution in [2.75, 3.05) is 10.7 Å². The number of nitrogens with one attached hydrogen (secondary N) is 2. The van der Waals surface area contributed by atoms with Gasteiger partial charge in [0.25, 0.3) is 5.91 Å². The highest BCUT2D eigenvalue weighted by Crippen LogP contribution is 2.21. The average Bonchev–Trinajstić information content (AvgIpc) is 2.42. The SMILES string of the molecule is Cc1cc(C(=O)Nc2ccc(F)c(Cl)c2)ccc1NN. The quantitative estimate of drug-likeness (QED) is 0.601. The Kier molecular flexibility index (Phi) is 4.22. The normalized spacial score (nSPS) is 10.2. The predicted octanol–water partition coefficient (Wildman–Crippen LogP) is 3.33. The van der Waals surface area contributed by atoms with Crippen LogP contribution in [0, 0.1) is 12.7 Å². The molecule has 0 bridgehead atoms. The third-order valence-electron chi connectivity index (χ3n) is 2.82. The zero-order chi connectivity index (χ0) is 14.7. The van der Waals surface area contributed by atoms with Crippen molar-refractivity contribution >= 4 is 28.9 Å². The molecule has 0 unspecified atom stereocenters. The van der Waals surface area contributed by atoms with Crippen molar-refractivity contribution in [2.45, 2.75) is 6.92 Å². The van der Waals surface area contributed by atoms with Gasteiger partial charge in [-0.3, -0.25) is 10.6 Å². The van der Waals surface area contributed by atoms with Crippen LogP contribution in [0.5, 0.6) is 0 Å². The Morgan fingerprint density at radius 2 is 2.00 bits per heavy atom. The van der Waals surface area contributed by atoms with E-state index in [0.717, 1.165) is 11.3 Å². The predicted molar refractivity (Wildman–Crippen MR) is 78.4 cm³/mol. The zero-order valence-electron chi connectivity index (χ0n) is 10.7. The molecule has 6 heteroatoms. The van der Waals surface area contributed by atoms with Gasteiger partial charge in [-0.2, -0.15) is 0 Å². The number of amides is 1. The Morgan fingerprint density at radius 3 is 2.60 bits per heavy atom. The lowest BCUT2D eigenvalue weighted by atomic mass is 10.1. The first kappa shape index (κ1) is 14.3. The first-order valence-electron chi connectivity index (χ1n) is 5.85. The highest BCUT2D eigenvalue weighted by molar-refractivity contribution is 6.31. The molecule has 4 N–H and O–H groups in total. The molecule has 2 aromatic rings. The number of aryl methyl sites for hydroxylation is 1. The molecule has 0 aromatic heterocycles. The first-order valence-corrected chi connectivity index (χ1v) is 6.22. The van der Waals surface area contributed by atoms with E-state index in [4.69, 9.17) is 17.4 Å². The highest BCUT2D eigenvalue weighted by atomic mass is 35.5. The topological polar surface area (TPSA) is 67.2 Å². The highest BCUT2D eigenvalue weighted by Gasteiger charge is 2.09. The van der Waals surface area contributed by atoms with Crippen molar-refractivity contribution in [3.05, 3.63) is 58.4 Å². The summed E-state index contributed by atoms with van der Waals surface area (Å²) in [6, 6.07) is 9.06. The van der Waals surface area contributed by atoms with Gasteiger partial charge in [0.1, 0.15) is 5.82 Å². The van der Waals surface area contributed by atoms with Gasteiger partial charge in [-0.1, -0.05) is 11.6 Å². The zero-order valence-corrected chi connectivity index (χ0v) is 11.5. The lowest BCUT2D eigenvalue weighted by molar-refractivity contribution is 0.102. The second-order valence-electron chi connectivity index (χ2n) is 4.26. The fourth-order valence-corrected chi connectivity index (χ4v) is 1.92. The van der Waals surface area contributed by atoms with Gasteiger partial charge in [0.05, 0.1) is 10.7 Å². The first-order chi connectivity index (χ1) is 9.51. The number of benzene rings is 2. The summed E-state index contributed by atoms with van der Waals surface area (Å²) in [7, 11) is 0. The van der Waals surface area contributed by atoms with Crippen molar-refractivity contribution < 1.29 is 9.18 Å². The maximum atomic E-state index is 13.0. The van der Waals surface area contributed by atoms with E-state index in [2.05, 4.69) is 10.7 Å². The van der Waals surface area contributed by atoms with Gasteiger partial charge in [0.2, 0.25) is 0 Å². The number of carbonyl (C=O) groups is 1. The van der Waals surface area contributed by atoms with Crippen molar-refractivity contribution in [1.82, 2.24) is 0 Å². The van der Waals surface area contributed by atoms with Crippen LogP contribution in [-0.4, -0.2) is 5.91 Å². The molecule has 0 heterocycles. The maximum Gasteiger partial charge on any atom is 0.255 e. The smallest absolute Gasteiger partial charge is 0.255 e. The van der Waals surface area contributed by atoms with Crippen LogP contribution in [-0.2, 0) is 0 Å². The number of nitrogen functional groups attached to an aromatic ring is 1. The summed E-state index contributed by atoms with van der Waals surface area (Å²) < 4.78 is 13.0. The Labute approximate surface area is 120 Å². The molecule has 0 fully saturated rings. The largest absolute Gasteiger partial charge is 0.324 e. The van der Waals surface area contributed by atoms with E-state index in [9.17, 15) is 9.18 Å². The standard InChI is InChI=1S/C14H13ClFN3O/c1-8-6-9(2-5-13(8)19-17)14(20)18-10-3-4-12(16)11(15)7-10/h2-7,19H,17H2,1H3,(H,18,20). The summed E-state index contributed by atoms with van der Waals surface area (Å²) in [6.07, 6.45) is 0. The summed E-state index contributed by atoms with van der Waals surface area (Å²) in [5, 5.41) is 2.61. The van der Waals surface area contributed by atoms with Crippen LogP contribution in [0.1, 0.15) is 15.9 Å². The minimum absolute atomic E-state index is 0.0401. The molecule has 2 rings (SSSR count). The number of rotatable bonds is 3. The van der Waals surface area contributed by atoms with Crippen LogP contribution in [0.2, 0.25) is 5.02 Å². The Hall–Kier alpha value is -2.11. The van der Waals surface area contributed by atoms with E-state index in [0.29, 0.717) is 11.3 Å². The average molecular weight is 294 g/mol. The number of hydrazine groups is 1. The van der Waals surface area contributed by atoms with Crippen molar-refractivity contribution in [3.63, 3.8) is 0 Å². The van der Waals surface area contributed by atoms with Gasteiger partial charge in [0, 0.05) is 11.3 Å². The lowest BCUT2D eigenvalue weighted by Crippen LogP contribution is -2.13. The fraction of sp³-hybridized carbons (Fsp3) is 0.0714. The van der Waals surface area contributed by atoms with Gasteiger partial charge in [-0.05, 0) is 48.9 Å². The number of nitrogens with two attached hydrogens (primary N) is 1. The number of halogens is 2. The molecule has 0 saturated carbocycles. The molecular weight excluding hydrogens is 281 g/mol. The molecule has 0 saturated heterocycles. The van der Waals surface area contributed by atoms with Crippen molar-refractivity contribution in [3.8, 4) is 0 Å². The van der Waals surface area contributed by atoms with Crippen LogP contribution in [0.3, 0.4) is 0 Å². The van der Waals surface area contributed by atoms with Crippen molar-refractivity contribution in [2.24, 2.45) is 5.84 Å².